The van der Waals surface area contributed by atoms with Gasteiger partial charge in [0.25, 0.3) is 0 Å². The number of methoxy groups -OCH3 is 2. The maximum absolute atomic E-state index is 10.6. The minimum absolute atomic E-state index is 0.232. The van der Waals surface area contributed by atoms with E-state index in [9.17, 15) is 5.11 Å². The normalized spacial score (nSPS) is 12.6. The third-order valence-corrected chi connectivity index (χ3v) is 4.32. The van der Waals surface area contributed by atoms with E-state index in [0.717, 1.165) is 19.0 Å². The van der Waals surface area contributed by atoms with Crippen LogP contribution in [-0.4, -0.2) is 54.9 Å². The van der Waals surface area contributed by atoms with Crippen molar-refractivity contribution in [2.75, 3.05) is 34.4 Å². The summed E-state index contributed by atoms with van der Waals surface area (Å²) < 4.78 is 12.6. The van der Waals surface area contributed by atoms with E-state index in [0.29, 0.717) is 17.1 Å². The van der Waals surface area contributed by atoms with Gasteiger partial charge in [0.2, 0.25) is 0 Å². The van der Waals surface area contributed by atoms with E-state index in [2.05, 4.69) is 20.9 Å². The van der Waals surface area contributed by atoms with E-state index in [1.54, 1.807) is 32.4 Å². The lowest BCUT2D eigenvalue weighted by Gasteiger charge is -2.23. The van der Waals surface area contributed by atoms with Crippen molar-refractivity contribution >= 4 is 5.96 Å². The number of guanidine groups is 1. The number of aliphatic hydroxyl groups excluding tert-OH is 1. The number of ether oxygens (including phenoxy) is 2. The number of aliphatic hydroxyl groups is 1. The molecular formula is C20H30N4O3. The van der Waals surface area contributed by atoms with Crippen LogP contribution in [0.3, 0.4) is 0 Å². The number of nitrogens with one attached hydrogen (secondary N) is 1. The van der Waals surface area contributed by atoms with Gasteiger partial charge in [0.15, 0.2) is 5.96 Å². The molecule has 2 rings (SSSR count). The number of aryl methyl sites for hydroxylation is 1. The highest BCUT2D eigenvalue weighted by Crippen LogP contribution is 2.26. The lowest BCUT2D eigenvalue weighted by Crippen LogP contribution is -2.39. The van der Waals surface area contributed by atoms with Gasteiger partial charge in [-0.3, -0.25) is 4.99 Å². The van der Waals surface area contributed by atoms with Crippen LogP contribution < -0.4 is 14.8 Å². The van der Waals surface area contributed by atoms with Crippen molar-refractivity contribution in [3.8, 4) is 11.5 Å². The number of benzene rings is 1. The van der Waals surface area contributed by atoms with Gasteiger partial charge in [-0.15, -0.1) is 0 Å². The lowest BCUT2D eigenvalue weighted by molar-refractivity contribution is 0.185. The molecule has 7 nitrogen and oxygen atoms in total. The second-order valence-corrected chi connectivity index (χ2v) is 6.32. The molecule has 7 heteroatoms. The van der Waals surface area contributed by atoms with Crippen molar-refractivity contribution in [1.29, 1.82) is 0 Å². The van der Waals surface area contributed by atoms with E-state index in [-0.39, 0.29) is 6.54 Å². The molecule has 2 N–H and O–H groups in total. The Morgan fingerprint density at radius 1 is 1.26 bits per heavy atom. The first-order valence-corrected chi connectivity index (χ1v) is 8.99. The fourth-order valence-electron chi connectivity index (χ4n) is 2.75. The summed E-state index contributed by atoms with van der Waals surface area (Å²) in [7, 11) is 7.18. The Morgan fingerprint density at radius 3 is 2.44 bits per heavy atom. The fourth-order valence-corrected chi connectivity index (χ4v) is 2.75. The van der Waals surface area contributed by atoms with Gasteiger partial charge >= 0.3 is 0 Å². The van der Waals surface area contributed by atoms with Gasteiger partial charge in [-0.2, -0.15) is 0 Å². The highest BCUT2D eigenvalue weighted by Gasteiger charge is 2.13. The number of rotatable bonds is 8. The molecule has 27 heavy (non-hydrogen) atoms. The van der Waals surface area contributed by atoms with E-state index >= 15 is 0 Å². The number of aromatic nitrogens is 1. The average molecular weight is 374 g/mol. The van der Waals surface area contributed by atoms with Crippen molar-refractivity contribution in [1.82, 2.24) is 14.8 Å². The number of hydrogen-bond acceptors (Lipinski definition) is 4. The summed E-state index contributed by atoms with van der Waals surface area (Å²) in [6.07, 6.45) is 1.26. The van der Waals surface area contributed by atoms with E-state index in [1.807, 2.05) is 38.2 Å². The summed E-state index contributed by atoms with van der Waals surface area (Å²) in [5, 5.41) is 13.9. The topological polar surface area (TPSA) is 71.2 Å². The highest BCUT2D eigenvalue weighted by molar-refractivity contribution is 5.79. The first-order valence-electron chi connectivity index (χ1n) is 8.99. The Bertz CT molecular complexity index is 735. The zero-order valence-corrected chi connectivity index (χ0v) is 16.8. The maximum Gasteiger partial charge on any atom is 0.194 e. The molecule has 1 heterocycles. The first kappa shape index (κ1) is 20.6. The predicted molar refractivity (Wildman–Crippen MR) is 107 cm³/mol. The molecule has 2 aromatic rings. The summed E-state index contributed by atoms with van der Waals surface area (Å²) in [6.45, 7) is 3.73. The van der Waals surface area contributed by atoms with Gasteiger partial charge in [0.1, 0.15) is 11.5 Å². The predicted octanol–water partition coefficient (Wildman–Crippen LogP) is 2.17. The summed E-state index contributed by atoms with van der Waals surface area (Å²) in [4.78, 5) is 6.64. The van der Waals surface area contributed by atoms with E-state index in [4.69, 9.17) is 9.47 Å². The van der Waals surface area contributed by atoms with Crippen molar-refractivity contribution in [2.24, 2.45) is 12.0 Å². The zero-order chi connectivity index (χ0) is 19.8. The van der Waals surface area contributed by atoms with Crippen LogP contribution in [0, 0.1) is 0 Å². The molecule has 0 spiro atoms. The van der Waals surface area contributed by atoms with Gasteiger partial charge in [-0.25, -0.2) is 0 Å². The monoisotopic (exact) mass is 374 g/mol. The molecule has 0 radical (unpaired) electrons. The van der Waals surface area contributed by atoms with Gasteiger partial charge in [-0.1, -0.05) is 0 Å². The fraction of sp³-hybridized carbons (Fsp3) is 0.450. The number of hydrogen-bond donors (Lipinski definition) is 2. The number of nitrogens with zero attached hydrogens (tertiary/aromatic N) is 3. The molecule has 1 aromatic carbocycles. The quantitative estimate of drug-likeness (QED) is 0.547. The van der Waals surface area contributed by atoms with Crippen molar-refractivity contribution in [2.45, 2.75) is 19.6 Å². The van der Waals surface area contributed by atoms with Crippen LogP contribution in [0.1, 0.15) is 24.3 Å². The standard InChI is InChI=1S/C20H30N4O3/c1-6-21-20(24(3)14-16-8-7-9-23(16)2)22-13-19(25)15-10-17(26-4)12-18(11-15)27-5/h7-12,19,25H,6,13-14H2,1-5H3,(H,21,22). The average Bonchev–Trinajstić information content (AvgIpc) is 3.08. The molecule has 0 aliphatic rings. The van der Waals surface area contributed by atoms with Crippen molar-refractivity contribution in [3.63, 3.8) is 0 Å². The number of aliphatic imine (C=N–C) groups is 1. The van der Waals surface area contributed by atoms with Crippen LogP contribution in [0.4, 0.5) is 0 Å². The second kappa shape index (κ2) is 9.87. The van der Waals surface area contributed by atoms with Gasteiger partial charge in [0, 0.05) is 38.6 Å². The maximum atomic E-state index is 10.6. The molecule has 1 aromatic heterocycles. The summed E-state index contributed by atoms with van der Waals surface area (Å²) >= 11 is 0. The van der Waals surface area contributed by atoms with Crippen molar-refractivity contribution < 1.29 is 14.6 Å². The molecule has 0 aliphatic carbocycles. The second-order valence-electron chi connectivity index (χ2n) is 6.32. The van der Waals surface area contributed by atoms with Crippen LogP contribution in [-0.2, 0) is 13.6 Å². The molecule has 0 saturated heterocycles. The first-order chi connectivity index (χ1) is 13.0. The Hall–Kier alpha value is -2.67. The molecule has 0 aliphatic heterocycles. The SMILES string of the molecule is CCNC(=NCC(O)c1cc(OC)cc(OC)c1)N(C)Cc1cccn1C. The molecular weight excluding hydrogens is 344 g/mol. The third-order valence-electron chi connectivity index (χ3n) is 4.32. The smallest absolute Gasteiger partial charge is 0.194 e. The van der Waals surface area contributed by atoms with Crippen LogP contribution >= 0.6 is 0 Å². The van der Waals surface area contributed by atoms with E-state index in [1.165, 1.54) is 5.69 Å². The highest BCUT2D eigenvalue weighted by atomic mass is 16.5. The Labute approximate surface area is 161 Å². The summed E-state index contributed by atoms with van der Waals surface area (Å²) in [5.74, 6) is 2.02. The molecule has 1 unspecified atom stereocenters. The Balaban J connectivity index is 2.12. The van der Waals surface area contributed by atoms with Crippen LogP contribution in [0.25, 0.3) is 0 Å². The van der Waals surface area contributed by atoms with Gasteiger partial charge in [0.05, 0.1) is 33.4 Å². The summed E-state index contributed by atoms with van der Waals surface area (Å²) in [5.41, 5.74) is 1.89. The molecule has 0 amide bonds. The largest absolute Gasteiger partial charge is 0.497 e. The van der Waals surface area contributed by atoms with Crippen molar-refractivity contribution in [3.05, 3.63) is 47.8 Å². The lowest BCUT2D eigenvalue weighted by atomic mass is 10.1. The van der Waals surface area contributed by atoms with Crippen LogP contribution in [0.5, 0.6) is 11.5 Å². The Morgan fingerprint density at radius 2 is 1.93 bits per heavy atom. The molecule has 0 saturated carbocycles. The molecule has 148 valence electrons. The third kappa shape index (κ3) is 5.65. The molecule has 0 bridgehead atoms. The minimum Gasteiger partial charge on any atom is -0.497 e. The summed E-state index contributed by atoms with van der Waals surface area (Å²) in [6, 6.07) is 9.47. The molecule has 1 atom stereocenters. The molecule has 0 fully saturated rings. The van der Waals surface area contributed by atoms with Crippen LogP contribution in [0.15, 0.2) is 41.5 Å². The van der Waals surface area contributed by atoms with Gasteiger partial charge in [-0.05, 0) is 36.8 Å². The minimum atomic E-state index is -0.758. The Kier molecular flexibility index (Phi) is 7.55. The van der Waals surface area contributed by atoms with Crippen LogP contribution in [0.2, 0.25) is 0 Å². The van der Waals surface area contributed by atoms with E-state index < -0.39 is 6.10 Å². The van der Waals surface area contributed by atoms with Gasteiger partial charge < -0.3 is 29.4 Å². The zero-order valence-electron chi connectivity index (χ0n) is 16.8.